The van der Waals surface area contributed by atoms with Crippen LogP contribution in [0.4, 0.5) is 0 Å². The van der Waals surface area contributed by atoms with E-state index in [9.17, 15) is 0 Å². The molecule has 0 rings (SSSR count). The molecule has 0 saturated carbocycles. The average molecular weight is 262 g/mol. The van der Waals surface area contributed by atoms with Crippen LogP contribution in [0.25, 0.3) is 0 Å². The molecule has 4 heteroatoms. The fourth-order valence-electron chi connectivity index (χ4n) is 0. The molecule has 0 N–H and O–H groups in total. The van der Waals surface area contributed by atoms with E-state index in [0.717, 1.165) is 0 Å². The second-order valence-electron chi connectivity index (χ2n) is 0. The van der Waals surface area contributed by atoms with Crippen LogP contribution in [-0.2, 0) is 17.1 Å². The standard InChI is InChI=1S/CHN.Ba.Fe.K.3H/c1-2;;;;;;/h1H;;;;;;. The van der Waals surface area contributed by atoms with E-state index in [-0.39, 0.29) is 117 Å². The van der Waals surface area contributed by atoms with Crippen molar-refractivity contribution in [3.8, 4) is 6.57 Å². The SMILES string of the molecule is C#N.[BaH2].[Fe].[KH]. The molecular weight excluding hydrogens is 258 g/mol. The van der Waals surface area contributed by atoms with Crippen LogP contribution >= 0.6 is 0 Å². The van der Waals surface area contributed by atoms with Crippen molar-refractivity contribution < 1.29 is 17.1 Å². The zero-order valence-corrected chi connectivity index (χ0v) is 2.48. The molecule has 24 valence electrons. The zero-order valence-electron chi connectivity index (χ0n) is 1.38. The van der Waals surface area contributed by atoms with Crippen LogP contribution < -0.4 is 0 Å². The van der Waals surface area contributed by atoms with E-state index < -0.39 is 0 Å². The Morgan fingerprint density at radius 1 is 1.20 bits per heavy atom. The van der Waals surface area contributed by atoms with Crippen LogP contribution in [0.1, 0.15) is 0 Å². The van der Waals surface area contributed by atoms with Gasteiger partial charge in [0.1, 0.15) is 0 Å². The van der Waals surface area contributed by atoms with Gasteiger partial charge >= 0.3 is 100 Å². The molecule has 0 aliphatic heterocycles. The van der Waals surface area contributed by atoms with Crippen molar-refractivity contribution in [2.24, 2.45) is 0 Å². The van der Waals surface area contributed by atoms with Gasteiger partial charge in [-0.1, -0.05) is 0 Å². The first kappa shape index (κ1) is 24.1. The fourth-order valence-corrected chi connectivity index (χ4v) is 0. The van der Waals surface area contributed by atoms with Gasteiger partial charge in [-0.05, 0) is 0 Å². The van der Waals surface area contributed by atoms with Crippen molar-refractivity contribution in [1.29, 1.82) is 5.26 Å². The number of nitrogens with zero attached hydrogens (tertiary/aromatic N) is 1. The Balaban J connectivity index is -0.00000000167. The third-order valence-electron chi connectivity index (χ3n) is 0. The zero-order chi connectivity index (χ0) is 2.00. The minimum absolute atomic E-state index is 0. The van der Waals surface area contributed by atoms with Gasteiger partial charge in [0, 0.05) is 23.6 Å². The molecule has 0 aromatic carbocycles. The van der Waals surface area contributed by atoms with Crippen LogP contribution in [0.3, 0.4) is 0 Å². The number of rotatable bonds is 0. The summed E-state index contributed by atoms with van der Waals surface area (Å²) in [6, 6.07) is 0. The van der Waals surface area contributed by atoms with E-state index in [2.05, 4.69) is 6.57 Å². The van der Waals surface area contributed by atoms with Crippen LogP contribution in [-0.4, -0.2) is 100 Å². The molecule has 0 spiro atoms. The van der Waals surface area contributed by atoms with E-state index in [1.807, 2.05) is 0 Å². The summed E-state index contributed by atoms with van der Waals surface area (Å²) < 4.78 is 0. The van der Waals surface area contributed by atoms with Crippen molar-refractivity contribution in [3.05, 3.63) is 0 Å². The molecule has 0 heterocycles. The van der Waals surface area contributed by atoms with Crippen LogP contribution in [0.15, 0.2) is 0 Å². The van der Waals surface area contributed by atoms with Crippen molar-refractivity contribution in [3.63, 3.8) is 0 Å². The summed E-state index contributed by atoms with van der Waals surface area (Å²) in [5.41, 5.74) is 0. The summed E-state index contributed by atoms with van der Waals surface area (Å²) in [6.07, 6.45) is 0. The Kier molecular flexibility index (Phi) is 130. The first-order valence-electron chi connectivity index (χ1n) is 0.258. The Morgan fingerprint density at radius 3 is 1.20 bits per heavy atom. The van der Waals surface area contributed by atoms with E-state index >= 15 is 0 Å². The second-order valence-corrected chi connectivity index (χ2v) is 0. The van der Waals surface area contributed by atoms with Crippen molar-refractivity contribution in [2.75, 3.05) is 0 Å². The third kappa shape index (κ3) is 19.0. The summed E-state index contributed by atoms with van der Waals surface area (Å²) in [7, 11) is 0. The third-order valence-corrected chi connectivity index (χ3v) is 0. The van der Waals surface area contributed by atoms with Gasteiger partial charge < -0.3 is 0 Å². The molecule has 0 unspecified atom stereocenters. The topological polar surface area (TPSA) is 23.8 Å². The molecule has 5 heavy (non-hydrogen) atoms. The van der Waals surface area contributed by atoms with Crippen LogP contribution in [0.5, 0.6) is 0 Å². The monoisotopic (exact) mass is 263 g/mol. The molecule has 0 aromatic heterocycles. The summed E-state index contributed by atoms with van der Waals surface area (Å²) in [5.74, 6) is 0. The van der Waals surface area contributed by atoms with Gasteiger partial charge in [0.25, 0.3) is 0 Å². The average Bonchev–Trinajstić information content (AvgIpc) is 1.00. The molecule has 0 fully saturated rings. The van der Waals surface area contributed by atoms with Gasteiger partial charge in [0.15, 0.2) is 0 Å². The molecule has 0 bridgehead atoms. The van der Waals surface area contributed by atoms with E-state index in [0.29, 0.717) is 0 Å². The summed E-state index contributed by atoms with van der Waals surface area (Å²) >= 11 is 0. The second kappa shape index (κ2) is 27.0. The molecule has 0 atom stereocenters. The van der Waals surface area contributed by atoms with E-state index in [1.165, 1.54) is 0 Å². The fraction of sp³-hybridized carbons (Fsp3) is 0. The molecule has 0 aromatic rings. The quantitative estimate of drug-likeness (QED) is 0.491. The van der Waals surface area contributed by atoms with E-state index in [1.54, 1.807) is 0 Å². The normalized spacial score (nSPS) is 0.400. The molecule has 0 amide bonds. The minimum atomic E-state index is 0. The van der Waals surface area contributed by atoms with Gasteiger partial charge in [-0.2, -0.15) is 0 Å². The number of hydrogen-bond donors (Lipinski definition) is 0. The van der Waals surface area contributed by atoms with Crippen LogP contribution in [0.2, 0.25) is 0 Å². The Labute approximate surface area is 125 Å². The first-order chi connectivity index (χ1) is 1.00. The van der Waals surface area contributed by atoms with E-state index in [4.69, 9.17) is 5.26 Å². The summed E-state index contributed by atoms with van der Waals surface area (Å²) in [5, 5.41) is 6.50. The Bertz CT molecular complexity index is 16.4. The first-order valence-corrected chi connectivity index (χ1v) is 0.258. The van der Waals surface area contributed by atoms with Crippen LogP contribution in [0, 0.1) is 11.8 Å². The predicted molar refractivity (Wildman–Crippen MR) is 22.4 cm³/mol. The van der Waals surface area contributed by atoms with Gasteiger partial charge in [-0.25, -0.2) is 5.26 Å². The maximum absolute atomic E-state index is 6.50. The summed E-state index contributed by atoms with van der Waals surface area (Å²) in [4.78, 5) is 0. The van der Waals surface area contributed by atoms with Crippen molar-refractivity contribution >= 4 is 100 Å². The number of nitriles is 1. The molecule has 0 aliphatic carbocycles. The molecule has 0 aliphatic rings. The van der Waals surface area contributed by atoms with Gasteiger partial charge in [-0.15, -0.1) is 0 Å². The van der Waals surface area contributed by atoms with Crippen molar-refractivity contribution in [1.82, 2.24) is 0 Å². The molecule has 0 saturated heterocycles. The Morgan fingerprint density at radius 2 is 1.20 bits per heavy atom. The van der Waals surface area contributed by atoms with Crippen molar-refractivity contribution in [2.45, 2.75) is 0 Å². The number of hydrogen-bond acceptors (Lipinski definition) is 1. The maximum atomic E-state index is 6.50. The molecular formula is CH4BaFeKN. The molecule has 1 nitrogen and oxygen atoms in total. The Hall–Kier alpha value is 3.22. The predicted octanol–water partition coefficient (Wildman–Crippen LogP) is -1.43. The summed E-state index contributed by atoms with van der Waals surface area (Å²) in [6.45, 7) is 3.50. The molecule has 0 radical (unpaired) electrons. The van der Waals surface area contributed by atoms with Gasteiger partial charge in [0.2, 0.25) is 0 Å². The van der Waals surface area contributed by atoms with Gasteiger partial charge in [-0.3, -0.25) is 0 Å². The van der Waals surface area contributed by atoms with Gasteiger partial charge in [0.05, 0.1) is 0 Å².